The molecule has 0 unspecified atom stereocenters. The van der Waals surface area contributed by atoms with E-state index in [2.05, 4.69) is 19.1 Å². The van der Waals surface area contributed by atoms with E-state index in [1.54, 1.807) is 6.92 Å². The number of hydrogen-bond donors (Lipinski definition) is 0. The first-order valence-corrected chi connectivity index (χ1v) is 6.62. The molecule has 18 heavy (non-hydrogen) atoms. The van der Waals surface area contributed by atoms with Crippen LogP contribution in [0.15, 0.2) is 30.3 Å². The third-order valence-corrected chi connectivity index (χ3v) is 3.06. The lowest BCUT2D eigenvalue weighted by Gasteiger charge is -2.05. The molecule has 0 N–H and O–H groups in total. The SMILES string of the molecule is CCCCCCc1ccc(/C(C)=C\C(=O)[O-])cc1. The number of benzene rings is 1. The van der Waals surface area contributed by atoms with Crippen molar-refractivity contribution in [2.45, 2.75) is 46.0 Å². The van der Waals surface area contributed by atoms with E-state index in [1.807, 2.05) is 12.1 Å². The van der Waals surface area contributed by atoms with Crippen LogP contribution in [0.25, 0.3) is 5.57 Å². The molecule has 2 nitrogen and oxygen atoms in total. The van der Waals surface area contributed by atoms with E-state index in [1.165, 1.54) is 31.2 Å². The minimum atomic E-state index is -1.14. The summed E-state index contributed by atoms with van der Waals surface area (Å²) in [4.78, 5) is 10.5. The topological polar surface area (TPSA) is 40.1 Å². The highest BCUT2D eigenvalue weighted by Gasteiger charge is 1.97. The number of aryl methyl sites for hydroxylation is 1. The smallest absolute Gasteiger partial charge is 0.0645 e. The van der Waals surface area contributed by atoms with Gasteiger partial charge in [-0.05, 0) is 42.5 Å². The summed E-state index contributed by atoms with van der Waals surface area (Å²) in [6.45, 7) is 3.99. The summed E-state index contributed by atoms with van der Waals surface area (Å²) in [7, 11) is 0. The van der Waals surface area contributed by atoms with Crippen molar-refractivity contribution in [3.63, 3.8) is 0 Å². The Hall–Kier alpha value is -1.57. The average Bonchev–Trinajstić information content (AvgIpc) is 2.34. The highest BCUT2D eigenvalue weighted by atomic mass is 16.4. The van der Waals surface area contributed by atoms with Gasteiger partial charge in [-0.2, -0.15) is 0 Å². The molecule has 0 radical (unpaired) electrons. The minimum absolute atomic E-state index is 0.729. The number of carboxylic acid groups (broad SMARTS) is 1. The summed E-state index contributed by atoms with van der Waals surface area (Å²) in [6.07, 6.45) is 7.29. The van der Waals surface area contributed by atoms with E-state index in [9.17, 15) is 9.90 Å². The molecule has 0 atom stereocenters. The summed E-state index contributed by atoms with van der Waals surface area (Å²) in [5, 5.41) is 10.5. The Bertz CT molecular complexity index is 402. The largest absolute Gasteiger partial charge is 0.545 e. The van der Waals surface area contributed by atoms with Crippen molar-refractivity contribution in [2.24, 2.45) is 0 Å². The molecule has 98 valence electrons. The normalized spacial score (nSPS) is 11.6. The summed E-state index contributed by atoms with van der Waals surface area (Å²) >= 11 is 0. The molecule has 0 saturated heterocycles. The Balaban J connectivity index is 2.54. The predicted molar refractivity (Wildman–Crippen MR) is 72.9 cm³/mol. The molecule has 0 aromatic heterocycles. The summed E-state index contributed by atoms with van der Waals surface area (Å²) in [6, 6.07) is 8.11. The van der Waals surface area contributed by atoms with Crippen molar-refractivity contribution < 1.29 is 9.90 Å². The lowest BCUT2D eigenvalue weighted by molar-refractivity contribution is -0.297. The molecule has 0 saturated carbocycles. The highest BCUT2D eigenvalue weighted by Crippen LogP contribution is 2.15. The zero-order chi connectivity index (χ0) is 13.4. The maximum Gasteiger partial charge on any atom is 0.0645 e. The quantitative estimate of drug-likeness (QED) is 0.547. The van der Waals surface area contributed by atoms with Crippen LogP contribution in [0.2, 0.25) is 0 Å². The number of rotatable bonds is 7. The maximum absolute atomic E-state index is 10.5. The van der Waals surface area contributed by atoms with Gasteiger partial charge in [0.15, 0.2) is 0 Å². The van der Waals surface area contributed by atoms with Crippen molar-refractivity contribution in [2.75, 3.05) is 0 Å². The zero-order valence-corrected chi connectivity index (χ0v) is 11.2. The van der Waals surface area contributed by atoms with E-state index in [0.29, 0.717) is 0 Å². The van der Waals surface area contributed by atoms with Gasteiger partial charge in [0.05, 0.1) is 5.97 Å². The number of unbranched alkanes of at least 4 members (excludes halogenated alkanes) is 3. The number of carboxylic acids is 1. The first-order chi connectivity index (χ1) is 8.63. The molecule has 0 heterocycles. The highest BCUT2D eigenvalue weighted by molar-refractivity contribution is 5.88. The van der Waals surface area contributed by atoms with Gasteiger partial charge in [0.2, 0.25) is 0 Å². The Morgan fingerprint density at radius 2 is 1.83 bits per heavy atom. The zero-order valence-electron chi connectivity index (χ0n) is 11.2. The predicted octanol–water partition coefficient (Wildman–Crippen LogP) is 2.96. The summed E-state index contributed by atoms with van der Waals surface area (Å²) in [5.74, 6) is -1.14. The molecular weight excluding hydrogens is 224 g/mol. The Kier molecular flexibility index (Phi) is 6.20. The van der Waals surface area contributed by atoms with Gasteiger partial charge in [0, 0.05) is 0 Å². The number of carbonyl (C=O) groups is 1. The second kappa shape index (κ2) is 7.70. The van der Waals surface area contributed by atoms with Crippen LogP contribution in [0.4, 0.5) is 0 Å². The molecule has 1 aromatic rings. The Labute approximate surface area is 109 Å². The average molecular weight is 245 g/mol. The van der Waals surface area contributed by atoms with Crippen molar-refractivity contribution in [3.8, 4) is 0 Å². The first kappa shape index (κ1) is 14.5. The molecule has 0 aliphatic rings. The lowest BCUT2D eigenvalue weighted by atomic mass is 10.0. The van der Waals surface area contributed by atoms with E-state index in [4.69, 9.17) is 0 Å². The van der Waals surface area contributed by atoms with Gasteiger partial charge in [-0.3, -0.25) is 0 Å². The molecule has 0 bridgehead atoms. The third kappa shape index (κ3) is 5.17. The van der Waals surface area contributed by atoms with Crippen molar-refractivity contribution in [3.05, 3.63) is 41.5 Å². The van der Waals surface area contributed by atoms with Gasteiger partial charge >= 0.3 is 0 Å². The van der Waals surface area contributed by atoms with Crippen LogP contribution < -0.4 is 5.11 Å². The van der Waals surface area contributed by atoms with Gasteiger partial charge in [0.25, 0.3) is 0 Å². The van der Waals surface area contributed by atoms with E-state index < -0.39 is 5.97 Å². The molecule has 0 aliphatic carbocycles. The molecular formula is C16H21O2-. The van der Waals surface area contributed by atoms with Crippen molar-refractivity contribution in [1.29, 1.82) is 0 Å². The van der Waals surface area contributed by atoms with Crippen LogP contribution in [-0.2, 0) is 11.2 Å². The van der Waals surface area contributed by atoms with E-state index >= 15 is 0 Å². The fourth-order valence-corrected chi connectivity index (χ4v) is 1.95. The van der Waals surface area contributed by atoms with Crippen molar-refractivity contribution >= 4 is 11.5 Å². The molecule has 0 aliphatic heterocycles. The fraction of sp³-hybridized carbons (Fsp3) is 0.438. The van der Waals surface area contributed by atoms with Crippen LogP contribution >= 0.6 is 0 Å². The second-order valence-electron chi connectivity index (χ2n) is 4.65. The van der Waals surface area contributed by atoms with Crippen LogP contribution in [0, 0.1) is 0 Å². The van der Waals surface area contributed by atoms with Crippen molar-refractivity contribution in [1.82, 2.24) is 0 Å². The van der Waals surface area contributed by atoms with E-state index in [-0.39, 0.29) is 0 Å². The standard InChI is InChI=1S/C16H22O2/c1-3-4-5-6-7-14-8-10-15(11-9-14)13(2)12-16(17)18/h8-12H,3-7H2,1-2H3,(H,17,18)/p-1/b13-12-. The number of allylic oxidation sites excluding steroid dienone is 1. The van der Waals surface area contributed by atoms with Gasteiger partial charge < -0.3 is 9.90 Å². The minimum Gasteiger partial charge on any atom is -0.545 e. The Morgan fingerprint density at radius 3 is 2.39 bits per heavy atom. The lowest BCUT2D eigenvalue weighted by Crippen LogP contribution is -2.19. The molecule has 1 aromatic carbocycles. The fourth-order valence-electron chi connectivity index (χ4n) is 1.95. The Morgan fingerprint density at radius 1 is 1.17 bits per heavy atom. The van der Waals surface area contributed by atoms with Crippen LogP contribution in [0.3, 0.4) is 0 Å². The number of carbonyl (C=O) groups excluding carboxylic acids is 1. The molecule has 0 spiro atoms. The second-order valence-corrected chi connectivity index (χ2v) is 4.65. The molecule has 2 heteroatoms. The molecule has 0 amide bonds. The van der Waals surface area contributed by atoms with Gasteiger partial charge in [-0.1, -0.05) is 50.5 Å². The van der Waals surface area contributed by atoms with E-state index in [0.717, 1.165) is 23.6 Å². The van der Waals surface area contributed by atoms with Gasteiger partial charge in [-0.25, -0.2) is 0 Å². The molecule has 1 rings (SSSR count). The number of aliphatic carboxylic acids is 1. The summed E-state index contributed by atoms with van der Waals surface area (Å²) < 4.78 is 0. The van der Waals surface area contributed by atoms with Crippen LogP contribution in [0.5, 0.6) is 0 Å². The number of hydrogen-bond acceptors (Lipinski definition) is 2. The van der Waals surface area contributed by atoms with Gasteiger partial charge in [-0.15, -0.1) is 0 Å². The first-order valence-electron chi connectivity index (χ1n) is 6.62. The maximum atomic E-state index is 10.5. The van der Waals surface area contributed by atoms with Gasteiger partial charge in [0.1, 0.15) is 0 Å². The van der Waals surface area contributed by atoms with Crippen LogP contribution in [-0.4, -0.2) is 5.97 Å². The monoisotopic (exact) mass is 245 g/mol. The summed E-state index contributed by atoms with van der Waals surface area (Å²) in [5.41, 5.74) is 2.99. The molecule has 0 fully saturated rings. The van der Waals surface area contributed by atoms with Crippen LogP contribution in [0.1, 0.15) is 50.7 Å². The third-order valence-electron chi connectivity index (χ3n) is 3.06.